The first-order valence-corrected chi connectivity index (χ1v) is 10.2. The summed E-state index contributed by atoms with van der Waals surface area (Å²) >= 11 is 0. The van der Waals surface area contributed by atoms with E-state index in [1.807, 2.05) is 12.4 Å². The van der Waals surface area contributed by atoms with E-state index in [0.29, 0.717) is 0 Å². The Bertz CT molecular complexity index is 296. The standard InChI is InChI=1S/C22H38O2/c1-2-3-4-5-6-7-8-9-10-11-12-13-14-15-16-17-18-22(21-24)19-20-23/h17-18,22H,2-16,19H2,1H3. The normalized spacial score (nSPS) is 12.5. The van der Waals surface area contributed by atoms with E-state index in [0.717, 1.165) is 6.42 Å². The Balaban J connectivity index is 3.18. The van der Waals surface area contributed by atoms with E-state index in [2.05, 4.69) is 6.92 Å². The van der Waals surface area contributed by atoms with Crippen LogP contribution in [0.5, 0.6) is 0 Å². The average molecular weight is 335 g/mol. The van der Waals surface area contributed by atoms with Gasteiger partial charge in [-0.1, -0.05) is 103 Å². The van der Waals surface area contributed by atoms with Crippen LogP contribution < -0.4 is 0 Å². The van der Waals surface area contributed by atoms with Crippen LogP contribution in [0.4, 0.5) is 0 Å². The van der Waals surface area contributed by atoms with Gasteiger partial charge in [0.15, 0.2) is 6.29 Å². The molecule has 0 saturated heterocycles. The maximum absolute atomic E-state index is 10.5. The molecule has 0 fully saturated rings. The van der Waals surface area contributed by atoms with E-state index in [1.165, 1.54) is 89.9 Å². The lowest BCUT2D eigenvalue weighted by Crippen LogP contribution is -1.97. The Hall–Kier alpha value is -0.920. The fraction of sp³-hybridized carbons (Fsp3) is 0.818. The molecule has 1 unspecified atom stereocenters. The van der Waals surface area contributed by atoms with Crippen molar-refractivity contribution in [1.29, 1.82) is 0 Å². The van der Waals surface area contributed by atoms with Crippen molar-refractivity contribution in [3.8, 4) is 0 Å². The third-order valence-corrected chi connectivity index (χ3v) is 4.55. The first-order valence-electron chi connectivity index (χ1n) is 10.2. The van der Waals surface area contributed by atoms with Crippen molar-refractivity contribution in [1.82, 2.24) is 0 Å². The highest BCUT2D eigenvalue weighted by molar-refractivity contribution is 5.64. The molecule has 2 radical (unpaired) electrons. The highest BCUT2D eigenvalue weighted by Crippen LogP contribution is 2.13. The second-order valence-corrected chi connectivity index (χ2v) is 6.89. The largest absolute Gasteiger partial charge is 0.291 e. The molecule has 0 saturated carbocycles. The summed E-state index contributed by atoms with van der Waals surface area (Å²) in [7, 11) is 0. The van der Waals surface area contributed by atoms with Gasteiger partial charge >= 0.3 is 0 Å². The Morgan fingerprint density at radius 3 is 1.58 bits per heavy atom. The second kappa shape index (κ2) is 20.1. The minimum atomic E-state index is -0.394. The first kappa shape index (κ1) is 23.1. The van der Waals surface area contributed by atoms with Gasteiger partial charge in [0.25, 0.3) is 0 Å². The minimum Gasteiger partial charge on any atom is -0.291 e. The molecule has 0 spiro atoms. The molecule has 0 amide bonds. The number of hydrogen-bond acceptors (Lipinski definition) is 2. The van der Waals surface area contributed by atoms with Crippen molar-refractivity contribution in [2.45, 2.75) is 110 Å². The van der Waals surface area contributed by atoms with Crippen LogP contribution in [0.2, 0.25) is 0 Å². The molecular weight excluding hydrogens is 296 g/mol. The lowest BCUT2D eigenvalue weighted by molar-refractivity contribution is 0.526. The molecule has 0 aliphatic rings. The summed E-state index contributed by atoms with van der Waals surface area (Å²) in [6.07, 6.45) is 27.7. The lowest BCUT2D eigenvalue weighted by Gasteiger charge is -2.03. The van der Waals surface area contributed by atoms with Crippen LogP contribution in [0.25, 0.3) is 0 Å². The van der Waals surface area contributed by atoms with E-state index in [1.54, 1.807) is 12.4 Å². The van der Waals surface area contributed by atoms with E-state index in [-0.39, 0.29) is 6.42 Å². The molecule has 0 aromatic carbocycles. The Kier molecular flexibility index (Phi) is 19.4. The summed E-state index contributed by atoms with van der Waals surface area (Å²) in [5.74, 6) is -0.394. The molecule has 2 nitrogen and oxygen atoms in total. The summed E-state index contributed by atoms with van der Waals surface area (Å²) in [6, 6.07) is 0. The second-order valence-electron chi connectivity index (χ2n) is 6.89. The fourth-order valence-corrected chi connectivity index (χ4v) is 2.96. The van der Waals surface area contributed by atoms with E-state index in [9.17, 15) is 9.59 Å². The SMILES string of the molecule is CCCCCCCCCCCCCCCCC=CC([C]=O)C[C]=O. The molecule has 0 bridgehead atoms. The third kappa shape index (κ3) is 17.4. The predicted molar refractivity (Wildman–Crippen MR) is 104 cm³/mol. The topological polar surface area (TPSA) is 34.1 Å². The van der Waals surface area contributed by atoms with Crippen LogP contribution in [-0.2, 0) is 9.59 Å². The maximum Gasteiger partial charge on any atom is 0.206 e. The molecule has 0 N–H and O–H groups in total. The summed E-state index contributed by atoms with van der Waals surface area (Å²) in [5.41, 5.74) is 0. The molecule has 0 heterocycles. The number of rotatable bonds is 19. The number of hydrogen-bond donors (Lipinski definition) is 0. The molecule has 0 aromatic heterocycles. The highest BCUT2D eigenvalue weighted by atomic mass is 16.1. The highest BCUT2D eigenvalue weighted by Gasteiger charge is 2.02. The van der Waals surface area contributed by atoms with Gasteiger partial charge in [0.1, 0.15) is 0 Å². The van der Waals surface area contributed by atoms with Crippen LogP contribution in [0.1, 0.15) is 110 Å². The lowest BCUT2D eigenvalue weighted by atomic mass is 10.0. The van der Waals surface area contributed by atoms with Crippen LogP contribution in [0.15, 0.2) is 12.2 Å². The first-order chi connectivity index (χ1) is 11.8. The molecule has 0 aromatic rings. The summed E-state index contributed by atoms with van der Waals surface area (Å²) in [4.78, 5) is 20.7. The van der Waals surface area contributed by atoms with Crippen molar-refractivity contribution in [2.75, 3.05) is 0 Å². The maximum atomic E-state index is 10.5. The van der Waals surface area contributed by atoms with Gasteiger partial charge in [-0.05, 0) is 12.8 Å². The van der Waals surface area contributed by atoms with Crippen molar-refractivity contribution < 1.29 is 9.59 Å². The van der Waals surface area contributed by atoms with E-state index < -0.39 is 5.92 Å². The van der Waals surface area contributed by atoms with Crippen molar-refractivity contribution in [3.05, 3.63) is 12.2 Å². The summed E-state index contributed by atoms with van der Waals surface area (Å²) < 4.78 is 0. The zero-order chi connectivity index (χ0) is 17.7. The number of carbonyl (C=O) groups excluding carboxylic acids is 2. The average Bonchev–Trinajstić information content (AvgIpc) is 2.60. The van der Waals surface area contributed by atoms with Gasteiger partial charge in [-0.3, -0.25) is 9.59 Å². The molecule has 24 heavy (non-hydrogen) atoms. The fourth-order valence-electron chi connectivity index (χ4n) is 2.96. The molecule has 1 atom stereocenters. The number of unbranched alkanes of at least 4 members (excludes halogenated alkanes) is 14. The van der Waals surface area contributed by atoms with Crippen LogP contribution >= 0.6 is 0 Å². The molecular formula is C22H38O2. The van der Waals surface area contributed by atoms with Crippen LogP contribution in [-0.4, -0.2) is 12.6 Å². The van der Waals surface area contributed by atoms with Gasteiger partial charge in [-0.2, -0.15) is 0 Å². The molecule has 138 valence electrons. The number of allylic oxidation sites excluding steroid dienone is 2. The Labute approximate surface area is 150 Å². The van der Waals surface area contributed by atoms with Gasteiger partial charge in [-0.15, -0.1) is 0 Å². The van der Waals surface area contributed by atoms with Gasteiger partial charge in [-0.25, -0.2) is 0 Å². The Morgan fingerprint density at radius 2 is 1.17 bits per heavy atom. The third-order valence-electron chi connectivity index (χ3n) is 4.55. The van der Waals surface area contributed by atoms with Gasteiger partial charge in [0.2, 0.25) is 6.29 Å². The van der Waals surface area contributed by atoms with Crippen molar-refractivity contribution in [3.63, 3.8) is 0 Å². The zero-order valence-corrected chi connectivity index (χ0v) is 15.9. The molecule has 0 aliphatic heterocycles. The Morgan fingerprint density at radius 1 is 0.708 bits per heavy atom. The summed E-state index contributed by atoms with van der Waals surface area (Å²) in [5, 5.41) is 0. The van der Waals surface area contributed by atoms with Crippen LogP contribution in [0, 0.1) is 5.92 Å². The van der Waals surface area contributed by atoms with Crippen molar-refractivity contribution >= 4 is 12.6 Å². The van der Waals surface area contributed by atoms with E-state index >= 15 is 0 Å². The van der Waals surface area contributed by atoms with Crippen molar-refractivity contribution in [2.24, 2.45) is 5.92 Å². The molecule has 2 heteroatoms. The summed E-state index contributed by atoms with van der Waals surface area (Å²) in [6.45, 7) is 2.27. The monoisotopic (exact) mass is 334 g/mol. The van der Waals surface area contributed by atoms with Gasteiger partial charge in [0, 0.05) is 6.42 Å². The van der Waals surface area contributed by atoms with Gasteiger partial charge < -0.3 is 0 Å². The van der Waals surface area contributed by atoms with Crippen LogP contribution in [0.3, 0.4) is 0 Å². The van der Waals surface area contributed by atoms with Gasteiger partial charge in [0.05, 0.1) is 5.92 Å². The molecule has 0 rings (SSSR count). The van der Waals surface area contributed by atoms with E-state index in [4.69, 9.17) is 0 Å². The smallest absolute Gasteiger partial charge is 0.206 e. The predicted octanol–water partition coefficient (Wildman–Crippen LogP) is 6.64. The zero-order valence-electron chi connectivity index (χ0n) is 15.9. The minimum absolute atomic E-state index is 0.138. The quantitative estimate of drug-likeness (QED) is 0.196. The molecule has 0 aliphatic carbocycles.